The van der Waals surface area contributed by atoms with Crippen LogP contribution in [-0.2, 0) is 4.74 Å². The number of anilines is 1. The van der Waals surface area contributed by atoms with Gasteiger partial charge < -0.3 is 19.9 Å². The van der Waals surface area contributed by atoms with Crippen molar-refractivity contribution in [3.05, 3.63) is 99.3 Å². The molecule has 3 aromatic carbocycles. The van der Waals surface area contributed by atoms with E-state index in [4.69, 9.17) is 21.1 Å². The average molecular weight is 569 g/mol. The van der Waals surface area contributed by atoms with E-state index in [-0.39, 0.29) is 22.3 Å². The minimum Gasteiger partial charge on any atom is -0.494 e. The lowest BCUT2D eigenvalue weighted by Crippen LogP contribution is -2.56. The highest BCUT2D eigenvalue weighted by Gasteiger charge is 2.60. The number of fused-ring (bicyclic) bond motifs is 1. The summed E-state index contributed by atoms with van der Waals surface area (Å²) in [6.45, 7) is -1.22. The first-order chi connectivity index (χ1) is 18.4. The van der Waals surface area contributed by atoms with Crippen molar-refractivity contribution in [2.75, 3.05) is 26.1 Å². The van der Waals surface area contributed by atoms with Gasteiger partial charge in [0.05, 0.1) is 30.3 Å². The molecule has 0 aliphatic heterocycles. The van der Waals surface area contributed by atoms with Crippen molar-refractivity contribution in [1.82, 2.24) is 4.57 Å². The molecule has 1 aromatic heterocycles. The summed E-state index contributed by atoms with van der Waals surface area (Å²) in [6, 6.07) is 12.2. The van der Waals surface area contributed by atoms with Gasteiger partial charge in [-0.15, -0.1) is 0 Å². The van der Waals surface area contributed by atoms with E-state index in [9.17, 15) is 31.9 Å². The van der Waals surface area contributed by atoms with Crippen molar-refractivity contribution in [1.29, 1.82) is 0 Å². The normalized spacial score (nSPS) is 14.2. The Morgan fingerprint density at radius 3 is 2.31 bits per heavy atom. The van der Waals surface area contributed by atoms with Gasteiger partial charge in [-0.05, 0) is 54.1 Å². The molecule has 0 saturated carbocycles. The summed E-state index contributed by atoms with van der Waals surface area (Å²) in [7, 11) is 2.14. The molecular formula is C27H22ClF5N2O4. The van der Waals surface area contributed by atoms with Crippen LogP contribution in [0, 0.1) is 11.6 Å². The average Bonchev–Trinajstić information content (AvgIpc) is 2.89. The van der Waals surface area contributed by atoms with Crippen molar-refractivity contribution in [3.63, 3.8) is 0 Å². The summed E-state index contributed by atoms with van der Waals surface area (Å²) in [5, 5.41) is 13.3. The molecular weight excluding hydrogens is 547 g/mol. The number of nitrogens with one attached hydrogen (secondary N) is 1. The van der Waals surface area contributed by atoms with Crippen molar-refractivity contribution >= 4 is 28.2 Å². The Kier molecular flexibility index (Phi) is 7.87. The van der Waals surface area contributed by atoms with Crippen LogP contribution in [0.25, 0.3) is 16.6 Å². The maximum absolute atomic E-state index is 14.9. The third-order valence-electron chi connectivity index (χ3n) is 6.26. The summed E-state index contributed by atoms with van der Waals surface area (Å²) < 4.78 is 82.4. The number of aromatic nitrogens is 1. The van der Waals surface area contributed by atoms with Crippen LogP contribution in [-0.4, -0.2) is 42.3 Å². The standard InChI is InChI=1S/C27H22ClF5N2O4/c1-38-14-26(37,27(31,32)33)25(18-10-12-21(39-2)24(30)23(18)28)34-19-4-3-5-20-17(19)11-13-22(36)35(20)16-8-6-15(29)7-9-16/h3-13,25,34,37H,14H2,1-2H3. The topological polar surface area (TPSA) is 72.7 Å². The maximum Gasteiger partial charge on any atom is 0.421 e. The van der Waals surface area contributed by atoms with Gasteiger partial charge in [0.1, 0.15) is 5.82 Å². The Morgan fingerprint density at radius 2 is 1.69 bits per heavy atom. The van der Waals surface area contributed by atoms with E-state index < -0.39 is 52.2 Å². The second-order valence-corrected chi connectivity index (χ2v) is 9.02. The third-order valence-corrected chi connectivity index (χ3v) is 6.65. The fraction of sp³-hybridized carbons (Fsp3) is 0.222. The lowest BCUT2D eigenvalue weighted by molar-refractivity contribution is -0.279. The van der Waals surface area contributed by atoms with Crippen LogP contribution in [0.2, 0.25) is 5.02 Å². The molecule has 4 aromatic rings. The monoisotopic (exact) mass is 568 g/mol. The summed E-state index contributed by atoms with van der Waals surface area (Å²) >= 11 is 6.16. The molecule has 0 amide bonds. The van der Waals surface area contributed by atoms with Crippen LogP contribution in [0.4, 0.5) is 27.6 Å². The lowest BCUT2D eigenvalue weighted by Gasteiger charge is -2.38. The Bertz CT molecular complexity index is 1560. The van der Waals surface area contributed by atoms with Crippen molar-refractivity contribution in [3.8, 4) is 11.4 Å². The molecule has 2 unspecified atom stereocenters. The van der Waals surface area contributed by atoms with Gasteiger partial charge in [0, 0.05) is 29.9 Å². The minimum absolute atomic E-state index is 0.0550. The van der Waals surface area contributed by atoms with Crippen LogP contribution >= 0.6 is 11.6 Å². The summed E-state index contributed by atoms with van der Waals surface area (Å²) in [6.07, 6.45) is -5.26. The SMILES string of the molecule is COCC(O)(C(Nc1cccc2c1ccc(=O)n2-c1ccc(F)cc1)c1ccc(OC)c(F)c1Cl)C(F)(F)F. The fourth-order valence-corrected chi connectivity index (χ4v) is 4.60. The molecule has 0 saturated heterocycles. The van der Waals surface area contributed by atoms with Crippen molar-refractivity contribution in [2.24, 2.45) is 0 Å². The zero-order valence-electron chi connectivity index (χ0n) is 20.5. The highest BCUT2D eigenvalue weighted by Crippen LogP contribution is 2.46. The number of methoxy groups -OCH3 is 2. The van der Waals surface area contributed by atoms with Gasteiger partial charge in [-0.25, -0.2) is 8.78 Å². The summed E-state index contributed by atoms with van der Waals surface area (Å²) in [5.41, 5.74) is -3.84. The molecule has 2 atom stereocenters. The summed E-state index contributed by atoms with van der Waals surface area (Å²) in [4.78, 5) is 12.8. The third kappa shape index (κ3) is 5.17. The van der Waals surface area contributed by atoms with Gasteiger partial charge in [-0.2, -0.15) is 13.2 Å². The second kappa shape index (κ2) is 10.8. The fourth-order valence-electron chi connectivity index (χ4n) is 4.34. The van der Waals surface area contributed by atoms with Crippen LogP contribution in [0.5, 0.6) is 5.75 Å². The van der Waals surface area contributed by atoms with Crippen LogP contribution in [0.15, 0.2) is 71.5 Å². The van der Waals surface area contributed by atoms with E-state index in [1.165, 1.54) is 41.0 Å². The largest absolute Gasteiger partial charge is 0.494 e. The highest BCUT2D eigenvalue weighted by molar-refractivity contribution is 6.31. The molecule has 0 radical (unpaired) electrons. The molecule has 39 heavy (non-hydrogen) atoms. The number of nitrogens with zero attached hydrogens (tertiary/aromatic N) is 1. The van der Waals surface area contributed by atoms with Crippen molar-refractivity contribution < 1.29 is 36.5 Å². The molecule has 0 bridgehead atoms. The predicted molar refractivity (Wildman–Crippen MR) is 137 cm³/mol. The van der Waals surface area contributed by atoms with Gasteiger partial charge in [0.15, 0.2) is 11.6 Å². The van der Waals surface area contributed by atoms with Gasteiger partial charge in [-0.1, -0.05) is 23.7 Å². The highest BCUT2D eigenvalue weighted by atomic mass is 35.5. The van der Waals surface area contributed by atoms with Gasteiger partial charge in [0.25, 0.3) is 5.56 Å². The quantitative estimate of drug-likeness (QED) is 0.254. The maximum atomic E-state index is 14.9. The number of benzene rings is 3. The number of hydrogen-bond donors (Lipinski definition) is 2. The number of rotatable bonds is 8. The number of aliphatic hydroxyl groups is 1. The molecule has 206 valence electrons. The zero-order valence-corrected chi connectivity index (χ0v) is 21.3. The first-order valence-corrected chi connectivity index (χ1v) is 11.8. The number of ether oxygens (including phenoxy) is 2. The number of halogens is 6. The van der Waals surface area contributed by atoms with E-state index in [0.29, 0.717) is 5.69 Å². The first kappa shape index (κ1) is 28.3. The van der Waals surface area contributed by atoms with Gasteiger partial charge in [-0.3, -0.25) is 9.36 Å². The molecule has 0 fully saturated rings. The summed E-state index contributed by atoms with van der Waals surface area (Å²) in [5.74, 6) is -1.95. The Morgan fingerprint density at radius 1 is 1.00 bits per heavy atom. The van der Waals surface area contributed by atoms with Crippen LogP contribution in [0.1, 0.15) is 11.6 Å². The molecule has 4 rings (SSSR count). The first-order valence-electron chi connectivity index (χ1n) is 11.4. The van der Waals surface area contributed by atoms with E-state index in [2.05, 4.69) is 5.32 Å². The second-order valence-electron chi connectivity index (χ2n) is 8.64. The lowest BCUT2D eigenvalue weighted by atomic mass is 9.87. The molecule has 0 aliphatic rings. The Balaban J connectivity index is 1.95. The van der Waals surface area contributed by atoms with E-state index in [1.54, 1.807) is 6.07 Å². The molecule has 2 N–H and O–H groups in total. The predicted octanol–water partition coefficient (Wildman–Crippen LogP) is 6.02. The molecule has 6 nitrogen and oxygen atoms in total. The number of alkyl halides is 3. The Labute approximate surface area is 224 Å². The van der Waals surface area contributed by atoms with Crippen LogP contribution in [0.3, 0.4) is 0 Å². The minimum atomic E-state index is -5.26. The number of pyridine rings is 1. The van der Waals surface area contributed by atoms with E-state index in [0.717, 1.165) is 38.5 Å². The molecule has 1 heterocycles. The van der Waals surface area contributed by atoms with Crippen LogP contribution < -0.4 is 15.6 Å². The zero-order chi connectivity index (χ0) is 28.5. The van der Waals surface area contributed by atoms with Gasteiger partial charge >= 0.3 is 6.18 Å². The molecule has 12 heteroatoms. The molecule has 0 spiro atoms. The van der Waals surface area contributed by atoms with Gasteiger partial charge in [0.2, 0.25) is 5.60 Å². The van der Waals surface area contributed by atoms with E-state index >= 15 is 0 Å². The Hall–Kier alpha value is -3.67. The van der Waals surface area contributed by atoms with Crippen molar-refractivity contribution in [2.45, 2.75) is 17.8 Å². The number of hydrogen-bond acceptors (Lipinski definition) is 5. The molecule has 0 aliphatic carbocycles. The van der Waals surface area contributed by atoms with E-state index in [1.807, 2.05) is 0 Å². The smallest absolute Gasteiger partial charge is 0.421 e.